The van der Waals surface area contributed by atoms with Gasteiger partial charge in [0.2, 0.25) is 0 Å². The summed E-state index contributed by atoms with van der Waals surface area (Å²) in [6.07, 6.45) is 0. The molecule has 11 heteroatoms. The van der Waals surface area contributed by atoms with Gasteiger partial charge in [-0.2, -0.15) is 0 Å². The van der Waals surface area contributed by atoms with E-state index in [1.807, 2.05) is 0 Å². The normalized spacial score (nSPS) is 10.2. The summed E-state index contributed by atoms with van der Waals surface area (Å²) in [5.74, 6) is -1.95. The lowest BCUT2D eigenvalue weighted by molar-refractivity contribution is -0.385. The van der Waals surface area contributed by atoms with Crippen molar-refractivity contribution in [2.75, 3.05) is 11.9 Å². The minimum Gasteiger partial charge on any atom is -0.452 e. The number of esters is 1. The highest BCUT2D eigenvalue weighted by atomic mass is 16.6. The molecule has 0 aliphatic heterocycles. The first-order chi connectivity index (χ1) is 12.2. The Bertz CT molecular complexity index is 1010. The van der Waals surface area contributed by atoms with Crippen molar-refractivity contribution < 1.29 is 19.2 Å². The summed E-state index contributed by atoms with van der Waals surface area (Å²) in [6, 6.07) is 6.16. The maximum Gasteiger partial charge on any atom is 0.345 e. The standard InChI is InChI=1S/C15H14N4O7/c1-17-11(7-13(21)18(2)15(17)23)16-12(20)8-26-14(22)9-5-3-4-6-10(9)19(24)25/h3-7H,8H2,1-2H3,(H,16,20). The van der Waals surface area contributed by atoms with Gasteiger partial charge in [-0.25, -0.2) is 9.59 Å². The van der Waals surface area contributed by atoms with Crippen LogP contribution in [-0.4, -0.2) is 32.5 Å². The quantitative estimate of drug-likeness (QED) is 0.440. The molecule has 1 aromatic heterocycles. The molecule has 0 unspecified atom stereocenters. The summed E-state index contributed by atoms with van der Waals surface area (Å²) >= 11 is 0. The number of hydrogen-bond acceptors (Lipinski definition) is 7. The van der Waals surface area contributed by atoms with E-state index in [1.165, 1.54) is 32.3 Å². The van der Waals surface area contributed by atoms with E-state index in [1.54, 1.807) is 0 Å². The van der Waals surface area contributed by atoms with Crippen molar-refractivity contribution in [3.05, 3.63) is 66.8 Å². The highest BCUT2D eigenvalue weighted by Gasteiger charge is 2.21. The van der Waals surface area contributed by atoms with Crippen LogP contribution in [0, 0.1) is 10.1 Å². The number of aromatic nitrogens is 2. The van der Waals surface area contributed by atoms with Gasteiger partial charge in [-0.15, -0.1) is 0 Å². The predicted molar refractivity (Wildman–Crippen MR) is 88.9 cm³/mol. The zero-order valence-electron chi connectivity index (χ0n) is 13.8. The molecule has 1 amide bonds. The Hall–Kier alpha value is -3.76. The van der Waals surface area contributed by atoms with Crippen LogP contribution < -0.4 is 16.6 Å². The van der Waals surface area contributed by atoms with Crippen molar-refractivity contribution in [3.8, 4) is 0 Å². The van der Waals surface area contributed by atoms with Gasteiger partial charge in [0.1, 0.15) is 11.4 Å². The largest absolute Gasteiger partial charge is 0.452 e. The SMILES string of the molecule is Cn1c(NC(=O)COC(=O)c2ccccc2[N+](=O)[O-])cc(=O)n(C)c1=O. The smallest absolute Gasteiger partial charge is 0.345 e. The number of nitrogens with zero attached hydrogens (tertiary/aromatic N) is 3. The van der Waals surface area contributed by atoms with Gasteiger partial charge in [0, 0.05) is 26.2 Å². The molecule has 1 heterocycles. The molecule has 26 heavy (non-hydrogen) atoms. The lowest BCUT2D eigenvalue weighted by Crippen LogP contribution is -2.38. The molecule has 11 nitrogen and oxygen atoms in total. The van der Waals surface area contributed by atoms with E-state index >= 15 is 0 Å². The molecule has 0 spiro atoms. The number of carbonyl (C=O) groups is 2. The Labute approximate surface area is 145 Å². The van der Waals surface area contributed by atoms with E-state index in [0.29, 0.717) is 0 Å². The second-order valence-electron chi connectivity index (χ2n) is 5.17. The number of nitrogens with one attached hydrogen (secondary N) is 1. The van der Waals surface area contributed by atoms with Crippen molar-refractivity contribution in [1.29, 1.82) is 0 Å². The van der Waals surface area contributed by atoms with Gasteiger partial charge < -0.3 is 10.1 Å². The van der Waals surface area contributed by atoms with Crippen molar-refractivity contribution in [1.82, 2.24) is 9.13 Å². The Morgan fingerprint density at radius 1 is 1.19 bits per heavy atom. The molecule has 2 rings (SSSR count). The Kier molecular flexibility index (Phi) is 5.30. The molecule has 2 aromatic rings. The number of nitro groups is 1. The molecule has 0 saturated carbocycles. The van der Waals surface area contributed by atoms with Crippen molar-refractivity contribution in [3.63, 3.8) is 0 Å². The van der Waals surface area contributed by atoms with Crippen LogP contribution in [0.3, 0.4) is 0 Å². The summed E-state index contributed by atoms with van der Waals surface area (Å²) in [6.45, 7) is -0.756. The first kappa shape index (κ1) is 18.6. The maximum absolute atomic E-state index is 11.9. The van der Waals surface area contributed by atoms with Crippen LogP contribution in [0.2, 0.25) is 0 Å². The first-order valence-electron chi connectivity index (χ1n) is 7.20. The van der Waals surface area contributed by atoms with Gasteiger partial charge in [-0.1, -0.05) is 12.1 Å². The number of carbonyl (C=O) groups excluding carboxylic acids is 2. The number of hydrogen-bond donors (Lipinski definition) is 1. The number of amides is 1. The van der Waals surface area contributed by atoms with Crippen LogP contribution in [0.1, 0.15) is 10.4 Å². The molecular weight excluding hydrogens is 348 g/mol. The molecule has 0 aliphatic carbocycles. The van der Waals surface area contributed by atoms with Gasteiger partial charge in [-0.05, 0) is 6.07 Å². The first-order valence-corrected chi connectivity index (χ1v) is 7.20. The van der Waals surface area contributed by atoms with E-state index in [-0.39, 0.29) is 11.4 Å². The number of anilines is 1. The third-order valence-corrected chi connectivity index (χ3v) is 3.45. The fraction of sp³-hybridized carbons (Fsp3) is 0.200. The second-order valence-corrected chi connectivity index (χ2v) is 5.17. The zero-order valence-corrected chi connectivity index (χ0v) is 13.8. The van der Waals surface area contributed by atoms with E-state index in [0.717, 1.165) is 21.3 Å². The molecule has 0 fully saturated rings. The lowest BCUT2D eigenvalue weighted by Gasteiger charge is -2.11. The molecule has 0 aliphatic rings. The molecule has 1 aromatic carbocycles. The number of ether oxygens (including phenoxy) is 1. The fourth-order valence-corrected chi connectivity index (χ4v) is 2.05. The van der Waals surface area contributed by atoms with Crippen molar-refractivity contribution >= 4 is 23.4 Å². The van der Waals surface area contributed by atoms with E-state index in [4.69, 9.17) is 4.74 Å². The van der Waals surface area contributed by atoms with Crippen LogP contribution in [-0.2, 0) is 23.6 Å². The Balaban J connectivity index is 2.09. The maximum atomic E-state index is 11.9. The topological polar surface area (TPSA) is 143 Å². The minimum absolute atomic E-state index is 0.0789. The second kappa shape index (κ2) is 7.42. The molecule has 0 bridgehead atoms. The average Bonchev–Trinajstić information content (AvgIpc) is 2.62. The molecular formula is C15H14N4O7. The Morgan fingerprint density at radius 3 is 2.50 bits per heavy atom. The molecule has 1 N–H and O–H groups in total. The third kappa shape index (κ3) is 3.83. The number of rotatable bonds is 5. The lowest BCUT2D eigenvalue weighted by atomic mass is 10.2. The summed E-state index contributed by atoms with van der Waals surface area (Å²) in [5.41, 5.74) is -2.02. The van der Waals surface area contributed by atoms with Crippen LogP contribution >= 0.6 is 0 Å². The molecule has 136 valence electrons. The fourth-order valence-electron chi connectivity index (χ4n) is 2.05. The zero-order chi connectivity index (χ0) is 19.4. The molecule has 0 atom stereocenters. The predicted octanol–water partition coefficient (Wildman–Crippen LogP) is -0.212. The highest BCUT2D eigenvalue weighted by molar-refractivity contribution is 5.97. The van der Waals surface area contributed by atoms with Crippen molar-refractivity contribution in [2.45, 2.75) is 0 Å². The van der Waals surface area contributed by atoms with Gasteiger partial charge in [0.15, 0.2) is 6.61 Å². The minimum atomic E-state index is -1.05. The summed E-state index contributed by atoms with van der Waals surface area (Å²) in [4.78, 5) is 57.3. The van der Waals surface area contributed by atoms with E-state index < -0.39 is 40.3 Å². The summed E-state index contributed by atoms with van der Waals surface area (Å²) in [5, 5.41) is 13.2. The summed E-state index contributed by atoms with van der Waals surface area (Å²) < 4.78 is 6.63. The van der Waals surface area contributed by atoms with Gasteiger partial charge in [-0.3, -0.25) is 28.8 Å². The Morgan fingerprint density at radius 2 is 1.85 bits per heavy atom. The van der Waals surface area contributed by atoms with Crippen LogP contribution in [0.5, 0.6) is 0 Å². The van der Waals surface area contributed by atoms with E-state index in [2.05, 4.69) is 5.32 Å². The third-order valence-electron chi connectivity index (χ3n) is 3.45. The highest BCUT2D eigenvalue weighted by Crippen LogP contribution is 2.18. The van der Waals surface area contributed by atoms with Gasteiger partial charge in [0.05, 0.1) is 4.92 Å². The molecule has 0 radical (unpaired) electrons. The monoisotopic (exact) mass is 362 g/mol. The van der Waals surface area contributed by atoms with Gasteiger partial charge >= 0.3 is 11.7 Å². The summed E-state index contributed by atoms with van der Waals surface area (Å²) in [7, 11) is 2.63. The number of nitro benzene ring substituents is 1. The van der Waals surface area contributed by atoms with Crippen LogP contribution in [0.15, 0.2) is 39.9 Å². The number of benzene rings is 1. The van der Waals surface area contributed by atoms with Crippen molar-refractivity contribution in [2.24, 2.45) is 14.1 Å². The average molecular weight is 362 g/mol. The number of para-hydroxylation sites is 1. The molecule has 0 saturated heterocycles. The van der Waals surface area contributed by atoms with E-state index in [9.17, 15) is 29.3 Å². The van der Waals surface area contributed by atoms with Crippen LogP contribution in [0.4, 0.5) is 11.5 Å². The van der Waals surface area contributed by atoms with Crippen LogP contribution in [0.25, 0.3) is 0 Å². The van der Waals surface area contributed by atoms with Gasteiger partial charge in [0.25, 0.3) is 17.2 Å².